The first-order chi connectivity index (χ1) is 9.43. The van der Waals surface area contributed by atoms with E-state index in [0.717, 1.165) is 30.0 Å². The molecule has 3 heteroatoms. The van der Waals surface area contributed by atoms with Gasteiger partial charge in [-0.1, -0.05) is 27.7 Å². The van der Waals surface area contributed by atoms with Gasteiger partial charge in [0.1, 0.15) is 0 Å². The minimum Gasteiger partial charge on any atom is -0.392 e. The van der Waals surface area contributed by atoms with Crippen molar-refractivity contribution in [3.63, 3.8) is 0 Å². The van der Waals surface area contributed by atoms with E-state index in [1.807, 2.05) is 13.1 Å². The highest BCUT2D eigenvalue weighted by Gasteiger charge is 2.13. The van der Waals surface area contributed by atoms with Crippen LogP contribution in [0.4, 0.5) is 5.69 Å². The van der Waals surface area contributed by atoms with E-state index in [9.17, 15) is 5.11 Å². The number of aliphatic hydroxyl groups is 1. The number of nitrogens with zero attached hydrogens (tertiary/aromatic N) is 2. The minimum atomic E-state index is 0.0580. The van der Waals surface area contributed by atoms with Gasteiger partial charge in [-0.25, -0.2) is 0 Å². The second-order valence-electron chi connectivity index (χ2n) is 6.46. The molecular weight excluding hydrogens is 248 g/mol. The Labute approximate surface area is 124 Å². The standard InChI is InChI=1S/C17H30N2O/c1-13(2)6-8-19(9-7-14(3)4)17-10-15(5)18-11-16(17)12-20/h10-11,13-14,20H,6-9,12H2,1-5H3. The summed E-state index contributed by atoms with van der Waals surface area (Å²) in [6.07, 6.45) is 4.15. The molecule has 114 valence electrons. The quantitative estimate of drug-likeness (QED) is 0.786. The molecular formula is C17H30N2O. The molecule has 0 atom stereocenters. The number of aryl methyl sites for hydroxylation is 1. The Hall–Kier alpha value is -1.09. The lowest BCUT2D eigenvalue weighted by Gasteiger charge is -2.28. The zero-order valence-corrected chi connectivity index (χ0v) is 13.7. The molecule has 0 amide bonds. The molecule has 3 nitrogen and oxygen atoms in total. The van der Waals surface area contributed by atoms with E-state index in [1.165, 1.54) is 12.8 Å². The lowest BCUT2D eigenvalue weighted by molar-refractivity contribution is 0.281. The molecule has 0 fully saturated rings. The number of aliphatic hydroxyl groups excluding tert-OH is 1. The van der Waals surface area contributed by atoms with Crippen LogP contribution >= 0.6 is 0 Å². The van der Waals surface area contributed by atoms with Gasteiger partial charge in [0.25, 0.3) is 0 Å². The molecule has 0 saturated heterocycles. The predicted molar refractivity (Wildman–Crippen MR) is 86.0 cm³/mol. The van der Waals surface area contributed by atoms with Gasteiger partial charge in [0, 0.05) is 36.2 Å². The highest BCUT2D eigenvalue weighted by molar-refractivity contribution is 5.53. The summed E-state index contributed by atoms with van der Waals surface area (Å²) in [7, 11) is 0. The molecule has 0 aliphatic heterocycles. The van der Waals surface area contributed by atoms with Crippen LogP contribution in [0.25, 0.3) is 0 Å². The maximum absolute atomic E-state index is 9.55. The largest absolute Gasteiger partial charge is 0.392 e. The third-order valence-corrected chi connectivity index (χ3v) is 3.56. The van der Waals surface area contributed by atoms with E-state index in [4.69, 9.17) is 0 Å². The fourth-order valence-electron chi connectivity index (χ4n) is 2.17. The van der Waals surface area contributed by atoms with Crippen molar-refractivity contribution in [2.45, 2.75) is 54.1 Å². The summed E-state index contributed by atoms with van der Waals surface area (Å²) in [5, 5.41) is 9.55. The molecule has 1 heterocycles. The molecule has 20 heavy (non-hydrogen) atoms. The van der Waals surface area contributed by atoms with Gasteiger partial charge in [-0.15, -0.1) is 0 Å². The van der Waals surface area contributed by atoms with Gasteiger partial charge < -0.3 is 10.0 Å². The lowest BCUT2D eigenvalue weighted by atomic mass is 10.1. The van der Waals surface area contributed by atoms with Crippen molar-refractivity contribution in [3.05, 3.63) is 23.5 Å². The summed E-state index contributed by atoms with van der Waals surface area (Å²) in [4.78, 5) is 6.71. The lowest BCUT2D eigenvalue weighted by Crippen LogP contribution is -2.28. The second kappa shape index (κ2) is 8.25. The van der Waals surface area contributed by atoms with Crippen LogP contribution in [0.3, 0.4) is 0 Å². The molecule has 1 N–H and O–H groups in total. The number of aromatic nitrogens is 1. The fraction of sp³-hybridized carbons (Fsp3) is 0.706. The SMILES string of the molecule is Cc1cc(N(CCC(C)C)CCC(C)C)c(CO)cn1. The molecule has 0 aliphatic carbocycles. The number of pyridine rings is 1. The Bertz CT molecular complexity index is 390. The number of rotatable bonds is 8. The first-order valence-corrected chi connectivity index (χ1v) is 7.75. The maximum atomic E-state index is 9.55. The smallest absolute Gasteiger partial charge is 0.0717 e. The van der Waals surface area contributed by atoms with Crippen LogP contribution < -0.4 is 4.90 Å². The Morgan fingerprint density at radius 3 is 2.10 bits per heavy atom. The van der Waals surface area contributed by atoms with Crippen molar-refractivity contribution in [2.24, 2.45) is 11.8 Å². The van der Waals surface area contributed by atoms with Gasteiger partial charge in [-0.05, 0) is 37.7 Å². The summed E-state index contributed by atoms with van der Waals surface area (Å²) in [6, 6.07) is 2.10. The molecule has 1 aromatic rings. The van der Waals surface area contributed by atoms with Crippen LogP contribution in [-0.2, 0) is 6.61 Å². The van der Waals surface area contributed by atoms with Crippen molar-refractivity contribution in [2.75, 3.05) is 18.0 Å². The van der Waals surface area contributed by atoms with Crippen LogP contribution in [0.1, 0.15) is 51.8 Å². The van der Waals surface area contributed by atoms with Crippen LogP contribution in [0.2, 0.25) is 0 Å². The third kappa shape index (κ3) is 5.49. The molecule has 1 aromatic heterocycles. The Balaban J connectivity index is 2.92. The van der Waals surface area contributed by atoms with Crippen molar-refractivity contribution in [1.29, 1.82) is 0 Å². The Kier molecular flexibility index (Phi) is 7.00. The highest BCUT2D eigenvalue weighted by Crippen LogP contribution is 2.23. The second-order valence-corrected chi connectivity index (χ2v) is 6.46. The van der Waals surface area contributed by atoms with Crippen LogP contribution in [0.5, 0.6) is 0 Å². The van der Waals surface area contributed by atoms with Gasteiger partial charge in [0.05, 0.1) is 6.61 Å². The summed E-state index contributed by atoms with van der Waals surface area (Å²) < 4.78 is 0. The van der Waals surface area contributed by atoms with Crippen molar-refractivity contribution < 1.29 is 5.11 Å². The molecule has 0 bridgehead atoms. The van der Waals surface area contributed by atoms with Gasteiger partial charge in [-0.3, -0.25) is 4.98 Å². The monoisotopic (exact) mass is 278 g/mol. The third-order valence-electron chi connectivity index (χ3n) is 3.56. The van der Waals surface area contributed by atoms with Crippen LogP contribution in [-0.4, -0.2) is 23.2 Å². The number of hydrogen-bond donors (Lipinski definition) is 1. The maximum Gasteiger partial charge on any atom is 0.0717 e. The van der Waals surface area contributed by atoms with Crippen LogP contribution in [0, 0.1) is 18.8 Å². The Morgan fingerprint density at radius 1 is 1.10 bits per heavy atom. The predicted octanol–water partition coefficient (Wildman–Crippen LogP) is 3.78. The normalized spacial score (nSPS) is 11.4. The molecule has 0 saturated carbocycles. The first-order valence-electron chi connectivity index (χ1n) is 7.75. The molecule has 0 spiro atoms. The molecule has 0 aliphatic rings. The van der Waals surface area contributed by atoms with Crippen molar-refractivity contribution >= 4 is 5.69 Å². The van der Waals surface area contributed by atoms with Crippen LogP contribution in [0.15, 0.2) is 12.3 Å². The summed E-state index contributed by atoms with van der Waals surface area (Å²) in [5.41, 5.74) is 3.10. The topological polar surface area (TPSA) is 36.4 Å². The van der Waals surface area contributed by atoms with E-state index >= 15 is 0 Å². The number of anilines is 1. The molecule has 0 aromatic carbocycles. The van der Waals surface area contributed by atoms with Gasteiger partial charge >= 0.3 is 0 Å². The molecule has 1 rings (SSSR count). The first kappa shape index (κ1) is 17.0. The highest BCUT2D eigenvalue weighted by atomic mass is 16.3. The van der Waals surface area contributed by atoms with Gasteiger partial charge in [0.2, 0.25) is 0 Å². The molecule has 0 unspecified atom stereocenters. The summed E-state index contributed by atoms with van der Waals surface area (Å²) >= 11 is 0. The van der Waals surface area contributed by atoms with E-state index in [-0.39, 0.29) is 6.61 Å². The van der Waals surface area contributed by atoms with E-state index in [2.05, 4.69) is 43.6 Å². The Morgan fingerprint density at radius 2 is 1.65 bits per heavy atom. The zero-order valence-electron chi connectivity index (χ0n) is 13.7. The van der Waals surface area contributed by atoms with E-state index in [1.54, 1.807) is 0 Å². The van der Waals surface area contributed by atoms with Gasteiger partial charge in [-0.2, -0.15) is 0 Å². The average molecular weight is 278 g/mol. The average Bonchev–Trinajstić information content (AvgIpc) is 2.38. The zero-order chi connectivity index (χ0) is 15.1. The van der Waals surface area contributed by atoms with Crippen molar-refractivity contribution in [1.82, 2.24) is 4.98 Å². The van der Waals surface area contributed by atoms with Gasteiger partial charge in [0.15, 0.2) is 0 Å². The summed E-state index contributed by atoms with van der Waals surface area (Å²) in [5.74, 6) is 1.38. The summed E-state index contributed by atoms with van der Waals surface area (Å²) in [6.45, 7) is 13.2. The van der Waals surface area contributed by atoms with E-state index in [0.29, 0.717) is 11.8 Å². The van der Waals surface area contributed by atoms with Crippen molar-refractivity contribution in [3.8, 4) is 0 Å². The molecule has 0 radical (unpaired) electrons. The minimum absolute atomic E-state index is 0.0580. The van der Waals surface area contributed by atoms with E-state index < -0.39 is 0 Å². The number of hydrogen-bond acceptors (Lipinski definition) is 3. The fourth-order valence-corrected chi connectivity index (χ4v) is 2.17.